The molecule has 0 amide bonds. The summed E-state index contributed by atoms with van der Waals surface area (Å²) >= 11 is 12.1. The van der Waals surface area contributed by atoms with Crippen LogP contribution in [0.25, 0.3) is 11.3 Å². The standard InChI is InChI=1S/C16H13Cl2FN4O/c1-8(14-10(17)2-3-11(19)15(14)18)24-13-4-9(5-22-16(13)20)12-6-21-7-23-12/h2-8H,1H3,(H2,20,22)(H,21,23). The van der Waals surface area contributed by atoms with Crippen LogP contribution in [0.2, 0.25) is 10.0 Å². The van der Waals surface area contributed by atoms with E-state index in [2.05, 4.69) is 15.0 Å². The van der Waals surface area contributed by atoms with Crippen LogP contribution in [-0.2, 0) is 0 Å². The van der Waals surface area contributed by atoms with E-state index in [1.54, 1.807) is 31.7 Å². The smallest absolute Gasteiger partial charge is 0.166 e. The summed E-state index contributed by atoms with van der Waals surface area (Å²) < 4.78 is 19.5. The predicted octanol–water partition coefficient (Wildman–Crippen LogP) is 4.64. The molecule has 3 aromatic rings. The van der Waals surface area contributed by atoms with Gasteiger partial charge in [0.15, 0.2) is 11.6 Å². The van der Waals surface area contributed by atoms with Crippen LogP contribution in [-0.4, -0.2) is 15.0 Å². The van der Waals surface area contributed by atoms with Crippen LogP contribution >= 0.6 is 23.2 Å². The number of rotatable bonds is 4. The molecule has 0 saturated heterocycles. The highest BCUT2D eigenvalue weighted by atomic mass is 35.5. The molecule has 0 aliphatic carbocycles. The lowest BCUT2D eigenvalue weighted by atomic mass is 10.1. The van der Waals surface area contributed by atoms with Crippen LogP contribution in [0.15, 0.2) is 36.9 Å². The average molecular weight is 367 g/mol. The molecule has 1 atom stereocenters. The molecular weight excluding hydrogens is 354 g/mol. The molecule has 3 rings (SSSR count). The number of nitrogen functional groups attached to an aromatic ring is 1. The van der Waals surface area contributed by atoms with Gasteiger partial charge in [-0.2, -0.15) is 0 Å². The van der Waals surface area contributed by atoms with E-state index in [4.69, 9.17) is 33.7 Å². The SMILES string of the molecule is CC(Oc1cc(-c2cnc[nH]2)cnc1N)c1c(Cl)ccc(F)c1Cl. The Hall–Kier alpha value is -2.31. The molecule has 2 aromatic heterocycles. The van der Waals surface area contributed by atoms with E-state index in [1.165, 1.54) is 12.1 Å². The first-order chi connectivity index (χ1) is 11.5. The number of benzene rings is 1. The third-order valence-electron chi connectivity index (χ3n) is 3.48. The number of halogens is 3. The van der Waals surface area contributed by atoms with Gasteiger partial charge < -0.3 is 15.5 Å². The summed E-state index contributed by atoms with van der Waals surface area (Å²) in [6.45, 7) is 1.70. The van der Waals surface area contributed by atoms with E-state index in [0.717, 1.165) is 11.3 Å². The molecule has 0 saturated carbocycles. The number of aromatic amines is 1. The van der Waals surface area contributed by atoms with Gasteiger partial charge in [0, 0.05) is 22.3 Å². The maximum Gasteiger partial charge on any atom is 0.166 e. The van der Waals surface area contributed by atoms with Crippen molar-refractivity contribution in [3.8, 4) is 17.0 Å². The van der Waals surface area contributed by atoms with Crippen LogP contribution in [0, 0.1) is 5.82 Å². The molecule has 5 nitrogen and oxygen atoms in total. The number of hydrogen-bond acceptors (Lipinski definition) is 4. The normalized spacial score (nSPS) is 12.2. The molecule has 1 unspecified atom stereocenters. The van der Waals surface area contributed by atoms with Crippen molar-refractivity contribution in [3.63, 3.8) is 0 Å². The van der Waals surface area contributed by atoms with Crippen molar-refractivity contribution < 1.29 is 9.13 Å². The zero-order valence-corrected chi connectivity index (χ0v) is 14.1. The minimum absolute atomic E-state index is 0.0775. The number of ether oxygens (including phenoxy) is 1. The first kappa shape index (κ1) is 16.5. The van der Waals surface area contributed by atoms with Crippen LogP contribution in [0.5, 0.6) is 5.75 Å². The number of aromatic nitrogens is 3. The van der Waals surface area contributed by atoms with Gasteiger partial charge in [-0.1, -0.05) is 23.2 Å². The Morgan fingerprint density at radius 3 is 2.79 bits per heavy atom. The molecule has 0 spiro atoms. The van der Waals surface area contributed by atoms with Gasteiger partial charge in [0.05, 0.1) is 23.2 Å². The molecule has 0 bridgehead atoms. The maximum atomic E-state index is 13.7. The fraction of sp³-hybridized carbons (Fsp3) is 0.125. The summed E-state index contributed by atoms with van der Waals surface area (Å²) in [5.74, 6) is -0.0245. The fourth-order valence-electron chi connectivity index (χ4n) is 2.28. The largest absolute Gasteiger partial charge is 0.482 e. The summed E-state index contributed by atoms with van der Waals surface area (Å²) in [5.41, 5.74) is 7.74. The fourth-order valence-corrected chi connectivity index (χ4v) is 2.95. The third-order valence-corrected chi connectivity index (χ3v) is 4.19. The molecule has 8 heteroatoms. The summed E-state index contributed by atoms with van der Waals surface area (Å²) in [5, 5.41) is 0.233. The Labute approximate surface area is 147 Å². The molecule has 0 radical (unpaired) electrons. The van der Waals surface area contributed by atoms with Crippen molar-refractivity contribution in [2.75, 3.05) is 5.73 Å². The first-order valence-electron chi connectivity index (χ1n) is 7.01. The van der Waals surface area contributed by atoms with Crippen molar-refractivity contribution >= 4 is 29.0 Å². The second kappa shape index (κ2) is 6.67. The Balaban J connectivity index is 1.94. The van der Waals surface area contributed by atoms with Crippen LogP contribution in [0.3, 0.4) is 0 Å². The van der Waals surface area contributed by atoms with E-state index in [-0.39, 0.29) is 10.8 Å². The van der Waals surface area contributed by atoms with Gasteiger partial charge in [0.2, 0.25) is 0 Å². The van der Waals surface area contributed by atoms with E-state index in [1.807, 2.05) is 0 Å². The average Bonchev–Trinajstić information content (AvgIpc) is 3.08. The highest BCUT2D eigenvalue weighted by Crippen LogP contribution is 2.36. The van der Waals surface area contributed by atoms with Crippen molar-refractivity contribution in [2.45, 2.75) is 13.0 Å². The van der Waals surface area contributed by atoms with E-state index in [9.17, 15) is 4.39 Å². The summed E-state index contributed by atoms with van der Waals surface area (Å²) in [7, 11) is 0. The molecular formula is C16H13Cl2FN4O. The number of imidazole rings is 1. The zero-order valence-electron chi connectivity index (χ0n) is 12.6. The van der Waals surface area contributed by atoms with Gasteiger partial charge in [-0.25, -0.2) is 14.4 Å². The van der Waals surface area contributed by atoms with Crippen molar-refractivity contribution in [2.24, 2.45) is 0 Å². The number of pyridine rings is 1. The monoisotopic (exact) mass is 366 g/mol. The van der Waals surface area contributed by atoms with Crippen molar-refractivity contribution in [1.82, 2.24) is 15.0 Å². The molecule has 24 heavy (non-hydrogen) atoms. The molecule has 1 aromatic carbocycles. The molecule has 3 N–H and O–H groups in total. The van der Waals surface area contributed by atoms with E-state index < -0.39 is 11.9 Å². The summed E-state index contributed by atoms with van der Waals surface area (Å²) in [6.07, 6.45) is 4.19. The lowest BCUT2D eigenvalue weighted by molar-refractivity contribution is 0.227. The number of H-pyrrole nitrogens is 1. The Kier molecular flexibility index (Phi) is 4.59. The molecule has 0 aliphatic rings. The maximum absolute atomic E-state index is 13.7. The number of nitrogens with two attached hydrogens (primary N) is 1. The second-order valence-corrected chi connectivity index (χ2v) is 5.87. The summed E-state index contributed by atoms with van der Waals surface area (Å²) in [6, 6.07) is 4.35. The lowest BCUT2D eigenvalue weighted by Gasteiger charge is -2.19. The summed E-state index contributed by atoms with van der Waals surface area (Å²) in [4.78, 5) is 11.0. The van der Waals surface area contributed by atoms with Crippen LogP contribution in [0.4, 0.5) is 10.2 Å². The van der Waals surface area contributed by atoms with Crippen molar-refractivity contribution in [1.29, 1.82) is 0 Å². The van der Waals surface area contributed by atoms with Gasteiger partial charge in [0.25, 0.3) is 0 Å². The van der Waals surface area contributed by atoms with Crippen molar-refractivity contribution in [3.05, 3.63) is 58.3 Å². The Morgan fingerprint density at radius 2 is 2.08 bits per heavy atom. The van der Waals surface area contributed by atoms with E-state index in [0.29, 0.717) is 16.3 Å². The highest BCUT2D eigenvalue weighted by molar-refractivity contribution is 6.36. The Bertz CT molecular complexity index is 871. The number of hydrogen-bond donors (Lipinski definition) is 2. The lowest BCUT2D eigenvalue weighted by Crippen LogP contribution is -2.08. The van der Waals surface area contributed by atoms with Crippen LogP contribution in [0.1, 0.15) is 18.6 Å². The highest BCUT2D eigenvalue weighted by Gasteiger charge is 2.20. The van der Waals surface area contributed by atoms with E-state index >= 15 is 0 Å². The van der Waals surface area contributed by atoms with Gasteiger partial charge in [-0.15, -0.1) is 0 Å². The minimum Gasteiger partial charge on any atom is -0.482 e. The topological polar surface area (TPSA) is 76.8 Å². The van der Waals surface area contributed by atoms with Crippen LogP contribution < -0.4 is 10.5 Å². The van der Waals surface area contributed by atoms with Gasteiger partial charge in [0.1, 0.15) is 11.9 Å². The number of nitrogens with zero attached hydrogens (tertiary/aromatic N) is 2. The zero-order chi connectivity index (χ0) is 17.3. The third kappa shape index (κ3) is 3.16. The molecule has 2 heterocycles. The predicted molar refractivity (Wildman–Crippen MR) is 91.7 cm³/mol. The molecule has 0 aliphatic heterocycles. The van der Waals surface area contributed by atoms with Gasteiger partial charge >= 0.3 is 0 Å². The first-order valence-corrected chi connectivity index (χ1v) is 7.77. The molecule has 0 fully saturated rings. The van der Waals surface area contributed by atoms with Gasteiger partial charge in [-0.05, 0) is 25.1 Å². The number of anilines is 1. The molecule has 124 valence electrons. The minimum atomic E-state index is -0.623. The number of nitrogens with one attached hydrogen (secondary N) is 1. The Morgan fingerprint density at radius 1 is 1.29 bits per heavy atom. The quantitative estimate of drug-likeness (QED) is 0.659. The van der Waals surface area contributed by atoms with Gasteiger partial charge in [-0.3, -0.25) is 0 Å². The second-order valence-electron chi connectivity index (χ2n) is 5.09.